The van der Waals surface area contributed by atoms with Crippen LogP contribution in [0, 0.1) is 6.92 Å². The minimum Gasteiger partial charge on any atom is -0.475 e. The SMILES string of the molecule is Cc1oc(C(=O)O)cc1S(=O)(=O)N(C)C1CCCC1. The molecule has 1 saturated carbocycles. The molecule has 0 amide bonds. The Morgan fingerprint density at radius 3 is 2.47 bits per heavy atom. The van der Waals surface area contributed by atoms with Crippen LogP contribution in [0.15, 0.2) is 15.4 Å². The molecule has 1 fully saturated rings. The van der Waals surface area contributed by atoms with Gasteiger partial charge >= 0.3 is 5.97 Å². The molecule has 1 N–H and O–H groups in total. The first-order valence-corrected chi connectivity index (χ1v) is 7.60. The average Bonchev–Trinajstić information content (AvgIpc) is 2.96. The Bertz CT molecular complexity index is 583. The van der Waals surface area contributed by atoms with Crippen molar-refractivity contribution in [2.75, 3.05) is 7.05 Å². The monoisotopic (exact) mass is 287 g/mol. The van der Waals surface area contributed by atoms with Crippen molar-refractivity contribution in [2.24, 2.45) is 0 Å². The van der Waals surface area contributed by atoms with E-state index in [4.69, 9.17) is 9.52 Å². The van der Waals surface area contributed by atoms with Crippen LogP contribution in [0.1, 0.15) is 42.0 Å². The summed E-state index contributed by atoms with van der Waals surface area (Å²) < 4.78 is 31.2. The maximum atomic E-state index is 12.4. The zero-order chi connectivity index (χ0) is 14.2. The second-order valence-electron chi connectivity index (χ2n) is 4.80. The number of aromatic carboxylic acids is 1. The molecule has 1 aromatic heterocycles. The maximum Gasteiger partial charge on any atom is 0.371 e. The summed E-state index contributed by atoms with van der Waals surface area (Å²) in [6, 6.07) is 1.07. The molecule has 1 aromatic rings. The van der Waals surface area contributed by atoms with Crippen LogP contribution >= 0.6 is 0 Å². The van der Waals surface area contributed by atoms with Crippen molar-refractivity contribution in [1.82, 2.24) is 4.31 Å². The number of carboxylic acids is 1. The minimum absolute atomic E-state index is 0.00687. The molecule has 0 atom stereocenters. The first kappa shape index (κ1) is 14.1. The van der Waals surface area contributed by atoms with E-state index in [0.717, 1.165) is 31.7 Å². The summed E-state index contributed by atoms with van der Waals surface area (Å²) in [4.78, 5) is 10.8. The molecule has 2 rings (SSSR count). The lowest BCUT2D eigenvalue weighted by molar-refractivity contribution is 0.0661. The molecule has 106 valence electrons. The standard InChI is InChI=1S/C12H17NO5S/c1-8-11(7-10(18-8)12(14)15)19(16,17)13(2)9-5-3-4-6-9/h7,9H,3-6H2,1-2H3,(H,14,15). The number of carboxylic acid groups (broad SMARTS) is 1. The molecule has 0 radical (unpaired) electrons. The highest BCUT2D eigenvalue weighted by atomic mass is 32.2. The average molecular weight is 287 g/mol. The van der Waals surface area contributed by atoms with Gasteiger partial charge in [-0.2, -0.15) is 4.31 Å². The van der Waals surface area contributed by atoms with Crippen molar-refractivity contribution >= 4 is 16.0 Å². The molecule has 19 heavy (non-hydrogen) atoms. The van der Waals surface area contributed by atoms with Gasteiger partial charge in [-0.15, -0.1) is 0 Å². The third-order valence-electron chi connectivity index (χ3n) is 3.58. The highest BCUT2D eigenvalue weighted by Crippen LogP contribution is 2.29. The van der Waals surface area contributed by atoms with Gasteiger partial charge in [-0.1, -0.05) is 12.8 Å². The number of hydrogen-bond acceptors (Lipinski definition) is 4. The predicted molar refractivity (Wildman–Crippen MR) is 67.6 cm³/mol. The van der Waals surface area contributed by atoms with E-state index in [9.17, 15) is 13.2 Å². The van der Waals surface area contributed by atoms with E-state index in [2.05, 4.69) is 0 Å². The second kappa shape index (κ2) is 4.97. The smallest absolute Gasteiger partial charge is 0.371 e. The lowest BCUT2D eigenvalue weighted by Gasteiger charge is -2.23. The molecule has 7 heteroatoms. The fraction of sp³-hybridized carbons (Fsp3) is 0.583. The van der Waals surface area contributed by atoms with Gasteiger partial charge < -0.3 is 9.52 Å². The quantitative estimate of drug-likeness (QED) is 0.913. The molecule has 0 aliphatic heterocycles. The normalized spacial score (nSPS) is 17.2. The number of aryl methyl sites for hydroxylation is 1. The third kappa shape index (κ3) is 2.52. The first-order valence-electron chi connectivity index (χ1n) is 6.16. The summed E-state index contributed by atoms with van der Waals surface area (Å²) in [6.45, 7) is 1.46. The van der Waals surface area contributed by atoms with Crippen LogP contribution in [0.5, 0.6) is 0 Å². The largest absolute Gasteiger partial charge is 0.475 e. The zero-order valence-electron chi connectivity index (χ0n) is 10.9. The summed E-state index contributed by atoms with van der Waals surface area (Å²) >= 11 is 0. The van der Waals surface area contributed by atoms with Crippen LogP contribution in [0.25, 0.3) is 0 Å². The molecular weight excluding hydrogens is 270 g/mol. The Kier molecular flexibility index (Phi) is 3.69. The van der Waals surface area contributed by atoms with E-state index in [1.807, 2.05) is 0 Å². The highest BCUT2D eigenvalue weighted by Gasteiger charge is 2.33. The van der Waals surface area contributed by atoms with Crippen molar-refractivity contribution in [3.8, 4) is 0 Å². The van der Waals surface area contributed by atoms with Gasteiger partial charge in [0.15, 0.2) is 0 Å². The number of rotatable bonds is 4. The van der Waals surface area contributed by atoms with Crippen molar-refractivity contribution in [3.05, 3.63) is 17.6 Å². The van der Waals surface area contributed by atoms with E-state index in [-0.39, 0.29) is 22.5 Å². The molecule has 0 aromatic carbocycles. The van der Waals surface area contributed by atoms with Crippen LogP contribution in [-0.2, 0) is 10.0 Å². The van der Waals surface area contributed by atoms with Crippen LogP contribution in [-0.4, -0.2) is 36.9 Å². The number of hydrogen-bond donors (Lipinski definition) is 1. The molecule has 6 nitrogen and oxygen atoms in total. The second-order valence-corrected chi connectivity index (χ2v) is 6.76. The van der Waals surface area contributed by atoms with E-state index in [1.165, 1.54) is 18.3 Å². The van der Waals surface area contributed by atoms with Gasteiger partial charge in [0.05, 0.1) is 0 Å². The summed E-state index contributed by atoms with van der Waals surface area (Å²) in [5, 5.41) is 8.84. The molecule has 0 bridgehead atoms. The summed E-state index contributed by atoms with van der Waals surface area (Å²) in [7, 11) is -2.15. The highest BCUT2D eigenvalue weighted by molar-refractivity contribution is 7.89. The lowest BCUT2D eigenvalue weighted by Crippen LogP contribution is -2.35. The zero-order valence-corrected chi connectivity index (χ0v) is 11.7. The number of carbonyl (C=O) groups is 1. The van der Waals surface area contributed by atoms with Gasteiger partial charge in [0.2, 0.25) is 15.8 Å². The Labute approximate surface area is 112 Å². The summed E-state index contributed by atoms with van der Waals surface area (Å²) in [6.07, 6.45) is 3.74. The molecule has 0 saturated heterocycles. The Morgan fingerprint density at radius 1 is 1.42 bits per heavy atom. The van der Waals surface area contributed by atoms with Crippen molar-refractivity contribution in [2.45, 2.75) is 43.5 Å². The molecule has 0 spiro atoms. The van der Waals surface area contributed by atoms with E-state index in [0.29, 0.717) is 0 Å². The lowest BCUT2D eigenvalue weighted by atomic mass is 10.3. The molecule has 1 aliphatic rings. The minimum atomic E-state index is -3.69. The van der Waals surface area contributed by atoms with Crippen LogP contribution in [0.3, 0.4) is 0 Å². The number of sulfonamides is 1. The maximum absolute atomic E-state index is 12.4. The number of nitrogens with zero attached hydrogens (tertiary/aromatic N) is 1. The van der Waals surface area contributed by atoms with Gasteiger partial charge in [-0.3, -0.25) is 0 Å². The van der Waals surface area contributed by atoms with E-state index in [1.54, 1.807) is 0 Å². The summed E-state index contributed by atoms with van der Waals surface area (Å²) in [5.74, 6) is -1.51. The summed E-state index contributed by atoms with van der Waals surface area (Å²) in [5.41, 5.74) is 0. The number of furan rings is 1. The Balaban J connectivity index is 2.35. The predicted octanol–water partition coefficient (Wildman–Crippen LogP) is 1.85. The fourth-order valence-corrected chi connectivity index (χ4v) is 4.02. The Morgan fingerprint density at radius 2 is 2.00 bits per heavy atom. The van der Waals surface area contributed by atoms with Crippen LogP contribution in [0.2, 0.25) is 0 Å². The van der Waals surface area contributed by atoms with Gasteiger partial charge in [0.25, 0.3) is 0 Å². The van der Waals surface area contributed by atoms with Gasteiger partial charge in [-0.25, -0.2) is 13.2 Å². The molecular formula is C12H17NO5S. The third-order valence-corrected chi connectivity index (χ3v) is 5.60. The van der Waals surface area contributed by atoms with Crippen molar-refractivity contribution in [3.63, 3.8) is 0 Å². The van der Waals surface area contributed by atoms with Gasteiger partial charge in [0.1, 0.15) is 10.7 Å². The van der Waals surface area contributed by atoms with Crippen molar-refractivity contribution < 1.29 is 22.7 Å². The van der Waals surface area contributed by atoms with Gasteiger partial charge in [0, 0.05) is 19.2 Å². The molecule has 0 unspecified atom stereocenters. The van der Waals surface area contributed by atoms with Crippen LogP contribution < -0.4 is 0 Å². The first-order chi connectivity index (χ1) is 8.84. The van der Waals surface area contributed by atoms with Gasteiger partial charge in [-0.05, 0) is 19.8 Å². The van der Waals surface area contributed by atoms with E-state index >= 15 is 0 Å². The van der Waals surface area contributed by atoms with Crippen LogP contribution in [0.4, 0.5) is 0 Å². The van der Waals surface area contributed by atoms with E-state index < -0.39 is 16.0 Å². The fourth-order valence-electron chi connectivity index (χ4n) is 2.45. The topological polar surface area (TPSA) is 87.8 Å². The molecule has 1 aliphatic carbocycles. The Hall–Kier alpha value is -1.34. The molecule has 1 heterocycles. The van der Waals surface area contributed by atoms with Crippen molar-refractivity contribution in [1.29, 1.82) is 0 Å².